The van der Waals surface area contributed by atoms with E-state index in [4.69, 9.17) is 11.6 Å². The van der Waals surface area contributed by atoms with Gasteiger partial charge in [-0.1, -0.05) is 29.3 Å². The summed E-state index contributed by atoms with van der Waals surface area (Å²) in [6.07, 6.45) is 4.19. The van der Waals surface area contributed by atoms with E-state index in [0.717, 1.165) is 18.4 Å². The van der Waals surface area contributed by atoms with Crippen LogP contribution in [0.25, 0.3) is 6.08 Å². The second-order valence-corrected chi connectivity index (χ2v) is 4.09. The number of hydrogen-bond acceptors (Lipinski definition) is 3. The van der Waals surface area contributed by atoms with Crippen LogP contribution in [0, 0.1) is 10.1 Å². The first-order valence-electron chi connectivity index (χ1n) is 5.12. The molecule has 1 aromatic carbocycles. The van der Waals surface area contributed by atoms with E-state index in [0.29, 0.717) is 0 Å². The Morgan fingerprint density at radius 1 is 1.41 bits per heavy atom. The molecular formula is C12H14ClNO3. The third kappa shape index (κ3) is 4.54. The Kier molecular flexibility index (Phi) is 5.12. The zero-order valence-corrected chi connectivity index (χ0v) is 10.5. The fraction of sp³-hybridized carbons (Fsp3) is 0.333. The minimum Gasteiger partial charge on any atom is -0.388 e. The normalized spacial score (nSPS) is 12.5. The van der Waals surface area contributed by atoms with Crippen LogP contribution >= 0.6 is 11.6 Å². The minimum absolute atomic E-state index is 0.0262. The minimum atomic E-state index is -0.461. The zero-order chi connectivity index (χ0) is 12.8. The number of allylic oxidation sites excluding steroid dienone is 1. The number of methoxy groups -OCH3 is 1. The standard InChI is InChI=1S/C10H8ClNO2.C2H6O/c11-9-4-3-8(5-7-1-2-7)6-10(9)12(13)14;1-3-2/h3-6H,1-2H2;1-2H3. The molecule has 2 rings (SSSR count). The number of ether oxygens (including phenoxy) is 1. The summed E-state index contributed by atoms with van der Waals surface area (Å²) in [6, 6.07) is 4.86. The average molecular weight is 256 g/mol. The molecule has 0 N–H and O–H groups in total. The van der Waals surface area contributed by atoms with Gasteiger partial charge in [0, 0.05) is 20.3 Å². The average Bonchev–Trinajstić information content (AvgIpc) is 3.05. The third-order valence-electron chi connectivity index (χ3n) is 2.08. The molecule has 0 radical (unpaired) electrons. The number of halogens is 1. The van der Waals surface area contributed by atoms with Crippen molar-refractivity contribution in [2.75, 3.05) is 14.2 Å². The second-order valence-electron chi connectivity index (χ2n) is 3.68. The molecule has 92 valence electrons. The topological polar surface area (TPSA) is 52.4 Å². The van der Waals surface area contributed by atoms with Gasteiger partial charge in [0.15, 0.2) is 0 Å². The van der Waals surface area contributed by atoms with Crippen molar-refractivity contribution in [1.29, 1.82) is 0 Å². The smallest absolute Gasteiger partial charge is 0.288 e. The van der Waals surface area contributed by atoms with Gasteiger partial charge in [0.2, 0.25) is 0 Å². The van der Waals surface area contributed by atoms with Gasteiger partial charge in [-0.15, -0.1) is 0 Å². The van der Waals surface area contributed by atoms with Gasteiger partial charge in [-0.3, -0.25) is 10.1 Å². The molecule has 1 aliphatic rings. The van der Waals surface area contributed by atoms with E-state index >= 15 is 0 Å². The van der Waals surface area contributed by atoms with Crippen LogP contribution in [-0.2, 0) is 4.74 Å². The Bertz CT molecular complexity index is 437. The maximum atomic E-state index is 10.6. The summed E-state index contributed by atoms with van der Waals surface area (Å²) < 4.78 is 4.25. The molecule has 0 atom stereocenters. The summed E-state index contributed by atoms with van der Waals surface area (Å²) in [5.74, 6) is 0. The number of nitro benzene ring substituents is 1. The first-order valence-corrected chi connectivity index (χ1v) is 5.49. The zero-order valence-electron chi connectivity index (χ0n) is 9.77. The summed E-state index contributed by atoms with van der Waals surface area (Å²) in [4.78, 5) is 10.1. The van der Waals surface area contributed by atoms with Crippen molar-refractivity contribution in [1.82, 2.24) is 0 Å². The van der Waals surface area contributed by atoms with Crippen LogP contribution in [0.4, 0.5) is 5.69 Å². The lowest BCUT2D eigenvalue weighted by molar-refractivity contribution is -0.384. The van der Waals surface area contributed by atoms with Crippen molar-refractivity contribution in [3.05, 3.63) is 44.5 Å². The van der Waals surface area contributed by atoms with E-state index in [1.165, 1.54) is 11.6 Å². The summed E-state index contributed by atoms with van der Waals surface area (Å²) in [5, 5.41) is 10.8. The number of rotatable bonds is 2. The molecule has 0 saturated heterocycles. The number of hydrogen-bond donors (Lipinski definition) is 0. The Balaban J connectivity index is 0.000000437. The molecule has 17 heavy (non-hydrogen) atoms. The number of nitro groups is 1. The van der Waals surface area contributed by atoms with Gasteiger partial charge in [0.25, 0.3) is 5.69 Å². The van der Waals surface area contributed by atoms with Crippen molar-refractivity contribution in [2.24, 2.45) is 0 Å². The van der Waals surface area contributed by atoms with Crippen molar-refractivity contribution < 1.29 is 9.66 Å². The van der Waals surface area contributed by atoms with Gasteiger partial charge in [0.1, 0.15) is 5.02 Å². The summed E-state index contributed by atoms with van der Waals surface area (Å²) >= 11 is 5.68. The molecule has 4 nitrogen and oxygen atoms in total. The fourth-order valence-corrected chi connectivity index (χ4v) is 1.40. The predicted molar refractivity (Wildman–Crippen MR) is 68.3 cm³/mol. The van der Waals surface area contributed by atoms with E-state index < -0.39 is 4.92 Å². The highest BCUT2D eigenvalue weighted by Crippen LogP contribution is 2.32. The molecule has 0 bridgehead atoms. The number of nitrogens with zero attached hydrogens (tertiary/aromatic N) is 1. The van der Waals surface area contributed by atoms with Crippen LogP contribution < -0.4 is 0 Å². The lowest BCUT2D eigenvalue weighted by Gasteiger charge is -1.96. The van der Waals surface area contributed by atoms with Crippen LogP contribution in [-0.4, -0.2) is 19.1 Å². The van der Waals surface area contributed by atoms with E-state index in [1.807, 2.05) is 6.08 Å². The van der Waals surface area contributed by atoms with E-state index in [2.05, 4.69) is 4.74 Å². The van der Waals surface area contributed by atoms with Gasteiger partial charge in [-0.05, 0) is 24.5 Å². The Morgan fingerprint density at radius 3 is 2.47 bits per heavy atom. The molecule has 0 heterocycles. The lowest BCUT2D eigenvalue weighted by Crippen LogP contribution is -1.89. The van der Waals surface area contributed by atoms with Gasteiger partial charge < -0.3 is 4.74 Å². The van der Waals surface area contributed by atoms with Crippen molar-refractivity contribution in [3.63, 3.8) is 0 Å². The third-order valence-corrected chi connectivity index (χ3v) is 2.40. The maximum absolute atomic E-state index is 10.6. The second kappa shape index (κ2) is 6.37. The van der Waals surface area contributed by atoms with Gasteiger partial charge in [-0.25, -0.2) is 0 Å². The van der Waals surface area contributed by atoms with Crippen LogP contribution in [0.1, 0.15) is 18.4 Å². The molecule has 5 heteroatoms. The first-order chi connectivity index (χ1) is 8.08. The molecular weight excluding hydrogens is 242 g/mol. The summed E-state index contributed by atoms with van der Waals surface area (Å²) in [5.41, 5.74) is 2.16. The van der Waals surface area contributed by atoms with Gasteiger partial charge >= 0.3 is 0 Å². The molecule has 1 saturated carbocycles. The van der Waals surface area contributed by atoms with Crippen LogP contribution in [0.5, 0.6) is 0 Å². The molecule has 0 aliphatic heterocycles. The van der Waals surface area contributed by atoms with Gasteiger partial charge in [0.05, 0.1) is 4.92 Å². The maximum Gasteiger partial charge on any atom is 0.288 e. The summed E-state index contributed by atoms with van der Waals surface area (Å²) in [7, 11) is 3.25. The van der Waals surface area contributed by atoms with Crippen molar-refractivity contribution in [2.45, 2.75) is 12.8 Å². The summed E-state index contributed by atoms with van der Waals surface area (Å²) in [6.45, 7) is 0. The lowest BCUT2D eigenvalue weighted by atomic mass is 10.2. The highest BCUT2D eigenvalue weighted by molar-refractivity contribution is 6.32. The highest BCUT2D eigenvalue weighted by Gasteiger charge is 2.14. The van der Waals surface area contributed by atoms with Crippen LogP contribution in [0.15, 0.2) is 23.8 Å². The molecule has 0 amide bonds. The monoisotopic (exact) mass is 255 g/mol. The Morgan fingerprint density at radius 2 is 2.00 bits per heavy atom. The van der Waals surface area contributed by atoms with E-state index in [-0.39, 0.29) is 10.7 Å². The number of benzene rings is 1. The highest BCUT2D eigenvalue weighted by atomic mass is 35.5. The van der Waals surface area contributed by atoms with Crippen molar-refractivity contribution >= 4 is 23.4 Å². The molecule has 0 spiro atoms. The molecule has 0 aromatic heterocycles. The molecule has 1 aliphatic carbocycles. The first kappa shape index (κ1) is 13.7. The largest absolute Gasteiger partial charge is 0.388 e. The SMILES string of the molecule is COC.O=[N+]([O-])c1cc(C=C2CC2)ccc1Cl. The van der Waals surface area contributed by atoms with Crippen LogP contribution in [0.3, 0.4) is 0 Å². The Labute approximate surface area is 105 Å². The van der Waals surface area contributed by atoms with E-state index in [9.17, 15) is 10.1 Å². The van der Waals surface area contributed by atoms with Gasteiger partial charge in [-0.2, -0.15) is 0 Å². The molecule has 0 unspecified atom stereocenters. The fourth-order valence-electron chi connectivity index (χ4n) is 1.21. The quantitative estimate of drug-likeness (QED) is 0.598. The molecule has 1 aromatic rings. The van der Waals surface area contributed by atoms with E-state index in [1.54, 1.807) is 26.4 Å². The van der Waals surface area contributed by atoms with Crippen molar-refractivity contribution in [3.8, 4) is 0 Å². The predicted octanol–water partition coefficient (Wildman–Crippen LogP) is 3.69. The molecule has 1 fully saturated rings. The Hall–Kier alpha value is -1.39. The van der Waals surface area contributed by atoms with Crippen LogP contribution in [0.2, 0.25) is 5.02 Å².